The molecule has 0 saturated heterocycles. The molecule has 0 spiro atoms. The smallest absolute Gasteiger partial charge is 0.260 e. The van der Waals surface area contributed by atoms with Crippen molar-refractivity contribution in [2.24, 2.45) is 15.9 Å². The van der Waals surface area contributed by atoms with E-state index in [0.717, 1.165) is 16.9 Å². The van der Waals surface area contributed by atoms with Crippen LogP contribution >= 0.6 is 0 Å². The Morgan fingerprint density at radius 1 is 1.08 bits per heavy atom. The van der Waals surface area contributed by atoms with Crippen molar-refractivity contribution in [3.63, 3.8) is 0 Å². The predicted molar refractivity (Wildman–Crippen MR) is 97.5 cm³/mol. The van der Waals surface area contributed by atoms with Gasteiger partial charge in [-0.2, -0.15) is 9.98 Å². The average molecular weight is 350 g/mol. The molecule has 6 heteroatoms. The second kappa shape index (κ2) is 6.29. The number of carbonyl (C=O) groups excluding carboxylic acids is 1. The van der Waals surface area contributed by atoms with Gasteiger partial charge in [0, 0.05) is 0 Å². The average Bonchev–Trinajstić information content (AvgIpc) is 2.66. The third-order valence-corrected chi connectivity index (χ3v) is 4.53. The summed E-state index contributed by atoms with van der Waals surface area (Å²) >= 11 is 0. The third kappa shape index (κ3) is 2.73. The number of hydrogen-bond acceptors (Lipinski definition) is 5. The maximum Gasteiger partial charge on any atom is 0.260 e. The van der Waals surface area contributed by atoms with E-state index in [1.807, 2.05) is 25.1 Å². The minimum Gasteiger partial charge on any atom is -0.497 e. The minimum atomic E-state index is -0.482. The number of ether oxygens (including phenoxy) is 3. The Morgan fingerprint density at radius 2 is 1.92 bits per heavy atom. The molecule has 0 aromatic heterocycles. The highest BCUT2D eigenvalue weighted by molar-refractivity contribution is 6.20. The largest absolute Gasteiger partial charge is 0.497 e. The number of methoxy groups -OCH3 is 2. The molecule has 1 unspecified atom stereocenters. The fourth-order valence-corrected chi connectivity index (χ4v) is 3.17. The van der Waals surface area contributed by atoms with E-state index >= 15 is 0 Å². The van der Waals surface area contributed by atoms with Gasteiger partial charge in [0.2, 0.25) is 5.90 Å². The Morgan fingerprint density at radius 3 is 2.69 bits per heavy atom. The molecule has 0 aliphatic carbocycles. The Kier molecular flexibility index (Phi) is 3.95. The molecule has 4 rings (SSSR count). The van der Waals surface area contributed by atoms with E-state index in [0.29, 0.717) is 29.4 Å². The molecule has 6 nitrogen and oxygen atoms in total. The van der Waals surface area contributed by atoms with Gasteiger partial charge in [-0.1, -0.05) is 17.7 Å². The zero-order valence-corrected chi connectivity index (χ0v) is 14.8. The van der Waals surface area contributed by atoms with E-state index in [9.17, 15) is 4.79 Å². The van der Waals surface area contributed by atoms with Crippen LogP contribution in [-0.4, -0.2) is 31.9 Å². The van der Waals surface area contributed by atoms with E-state index in [-0.39, 0.29) is 11.7 Å². The fourth-order valence-electron chi connectivity index (χ4n) is 3.17. The van der Waals surface area contributed by atoms with Gasteiger partial charge in [0.25, 0.3) is 5.91 Å². The van der Waals surface area contributed by atoms with Crippen molar-refractivity contribution < 1.29 is 19.0 Å². The van der Waals surface area contributed by atoms with Crippen LogP contribution < -0.4 is 14.2 Å². The van der Waals surface area contributed by atoms with Crippen LogP contribution in [0.3, 0.4) is 0 Å². The SMILES string of the molecule is COc1ccc(OC)c(C2=NC(=O)C3Cc4cc(C)ccc4OC3=N2)c1. The third-order valence-electron chi connectivity index (χ3n) is 4.53. The lowest BCUT2D eigenvalue weighted by molar-refractivity contribution is -0.120. The molecule has 0 radical (unpaired) electrons. The van der Waals surface area contributed by atoms with Crippen molar-refractivity contribution in [1.29, 1.82) is 0 Å². The number of fused-ring (bicyclic) bond motifs is 2. The van der Waals surface area contributed by atoms with Crippen LogP contribution in [0, 0.1) is 12.8 Å². The summed E-state index contributed by atoms with van der Waals surface area (Å²) in [5.41, 5.74) is 2.71. The number of aryl methyl sites for hydroxylation is 1. The monoisotopic (exact) mass is 350 g/mol. The van der Waals surface area contributed by atoms with Gasteiger partial charge in [0.05, 0.1) is 19.8 Å². The maximum atomic E-state index is 12.6. The zero-order chi connectivity index (χ0) is 18.3. The lowest BCUT2D eigenvalue weighted by Crippen LogP contribution is -2.37. The highest BCUT2D eigenvalue weighted by Gasteiger charge is 2.36. The number of carbonyl (C=O) groups is 1. The lowest BCUT2D eigenvalue weighted by atomic mass is 9.93. The van der Waals surface area contributed by atoms with Gasteiger partial charge in [-0.05, 0) is 43.2 Å². The minimum absolute atomic E-state index is 0.262. The van der Waals surface area contributed by atoms with E-state index in [1.54, 1.807) is 32.4 Å². The number of nitrogens with zero attached hydrogens (tertiary/aromatic N) is 2. The predicted octanol–water partition coefficient (Wildman–Crippen LogP) is 2.95. The highest BCUT2D eigenvalue weighted by atomic mass is 16.5. The van der Waals surface area contributed by atoms with Gasteiger partial charge in [-0.25, -0.2) is 0 Å². The Hall–Kier alpha value is -3.15. The first-order valence-corrected chi connectivity index (χ1v) is 8.30. The van der Waals surface area contributed by atoms with Gasteiger partial charge in [0.1, 0.15) is 23.2 Å². The molecule has 0 bridgehead atoms. The molecule has 26 heavy (non-hydrogen) atoms. The van der Waals surface area contributed by atoms with E-state index < -0.39 is 5.92 Å². The molecule has 2 heterocycles. The van der Waals surface area contributed by atoms with Gasteiger partial charge in [0.15, 0.2) is 5.84 Å². The number of amidine groups is 1. The van der Waals surface area contributed by atoms with Crippen LogP contribution in [0.5, 0.6) is 17.2 Å². The molecule has 1 atom stereocenters. The van der Waals surface area contributed by atoms with E-state index in [4.69, 9.17) is 14.2 Å². The Bertz CT molecular complexity index is 962. The topological polar surface area (TPSA) is 69.5 Å². The van der Waals surface area contributed by atoms with Crippen LogP contribution in [0.2, 0.25) is 0 Å². The zero-order valence-electron chi connectivity index (χ0n) is 14.8. The molecule has 2 aromatic rings. The summed E-state index contributed by atoms with van der Waals surface area (Å²) in [6, 6.07) is 11.2. The van der Waals surface area contributed by atoms with Gasteiger partial charge in [-0.3, -0.25) is 4.79 Å². The molecule has 0 N–H and O–H groups in total. The molecule has 2 aliphatic rings. The summed E-state index contributed by atoms with van der Waals surface area (Å²) in [6.45, 7) is 2.01. The van der Waals surface area contributed by atoms with Crippen molar-refractivity contribution >= 4 is 17.6 Å². The first-order chi connectivity index (χ1) is 12.6. The first kappa shape index (κ1) is 16.3. The van der Waals surface area contributed by atoms with E-state index in [2.05, 4.69) is 9.98 Å². The summed E-state index contributed by atoms with van der Waals surface area (Å²) in [5.74, 6) is 1.83. The van der Waals surface area contributed by atoms with Crippen molar-refractivity contribution in [2.45, 2.75) is 13.3 Å². The van der Waals surface area contributed by atoms with Crippen LogP contribution in [0.4, 0.5) is 0 Å². The lowest BCUT2D eigenvalue weighted by Gasteiger charge is -2.27. The van der Waals surface area contributed by atoms with Crippen LogP contribution in [-0.2, 0) is 11.2 Å². The number of rotatable bonds is 3. The summed E-state index contributed by atoms with van der Waals surface area (Å²) in [7, 11) is 3.13. The summed E-state index contributed by atoms with van der Waals surface area (Å²) < 4.78 is 16.6. The second-order valence-electron chi connectivity index (χ2n) is 6.26. The van der Waals surface area contributed by atoms with Crippen molar-refractivity contribution in [3.05, 3.63) is 53.1 Å². The number of benzene rings is 2. The van der Waals surface area contributed by atoms with Gasteiger partial charge in [-0.15, -0.1) is 0 Å². The number of hydrogen-bond donors (Lipinski definition) is 0. The van der Waals surface area contributed by atoms with Crippen LogP contribution in [0.1, 0.15) is 16.7 Å². The van der Waals surface area contributed by atoms with E-state index in [1.165, 1.54) is 0 Å². The molecule has 0 fully saturated rings. The molecular weight excluding hydrogens is 332 g/mol. The second-order valence-corrected chi connectivity index (χ2v) is 6.26. The molecule has 2 aromatic carbocycles. The summed E-state index contributed by atoms with van der Waals surface area (Å²) in [4.78, 5) is 21.3. The quantitative estimate of drug-likeness (QED) is 0.853. The van der Waals surface area contributed by atoms with Crippen molar-refractivity contribution in [3.8, 4) is 17.2 Å². The van der Waals surface area contributed by atoms with Crippen molar-refractivity contribution in [1.82, 2.24) is 0 Å². The Balaban J connectivity index is 1.76. The molecule has 2 aliphatic heterocycles. The summed E-state index contributed by atoms with van der Waals surface area (Å²) in [5, 5.41) is 0. The fraction of sp³-hybridized carbons (Fsp3) is 0.250. The van der Waals surface area contributed by atoms with Crippen LogP contribution in [0.25, 0.3) is 0 Å². The normalized spacial score (nSPS) is 18.1. The van der Waals surface area contributed by atoms with Crippen LogP contribution in [0.15, 0.2) is 46.4 Å². The highest BCUT2D eigenvalue weighted by Crippen LogP contribution is 2.33. The molecule has 1 amide bonds. The molecule has 132 valence electrons. The summed E-state index contributed by atoms with van der Waals surface area (Å²) in [6.07, 6.45) is 0.542. The standard InChI is InChI=1S/C20H18N2O4/c1-11-4-6-16-12(8-11)9-15-19(23)21-18(22-20(15)26-16)14-10-13(24-2)5-7-17(14)25-3/h4-8,10,15H,9H2,1-3H3. The first-order valence-electron chi connectivity index (χ1n) is 8.30. The van der Waals surface area contributed by atoms with Gasteiger partial charge >= 0.3 is 0 Å². The number of aliphatic imine (C=N–C) groups is 2. The molecular formula is C20H18N2O4. The van der Waals surface area contributed by atoms with Gasteiger partial charge < -0.3 is 14.2 Å². The Labute approximate surface area is 151 Å². The van der Waals surface area contributed by atoms with Crippen molar-refractivity contribution in [2.75, 3.05) is 14.2 Å². The molecule has 0 saturated carbocycles. The number of amides is 1. The maximum absolute atomic E-state index is 12.6.